The van der Waals surface area contributed by atoms with E-state index in [1.807, 2.05) is 6.07 Å². The van der Waals surface area contributed by atoms with Crippen LogP contribution in [0.5, 0.6) is 11.5 Å². The summed E-state index contributed by atoms with van der Waals surface area (Å²) in [5.74, 6) is -0.305. The van der Waals surface area contributed by atoms with Gasteiger partial charge >= 0.3 is 0 Å². The summed E-state index contributed by atoms with van der Waals surface area (Å²) >= 11 is 0. The predicted molar refractivity (Wildman–Crippen MR) is 112 cm³/mol. The summed E-state index contributed by atoms with van der Waals surface area (Å²) in [6, 6.07) is 14.5. The molecule has 29 heavy (non-hydrogen) atoms. The lowest BCUT2D eigenvalue weighted by Gasteiger charge is -2.12. The summed E-state index contributed by atoms with van der Waals surface area (Å²) in [7, 11) is 3.04. The maximum absolute atomic E-state index is 12.7. The van der Waals surface area contributed by atoms with Crippen LogP contribution in [-0.4, -0.2) is 30.5 Å². The number of anilines is 1. The first kappa shape index (κ1) is 20.2. The van der Waals surface area contributed by atoms with E-state index < -0.39 is 11.7 Å². The molecule has 0 aliphatic rings. The third kappa shape index (κ3) is 4.48. The number of hydrogen-bond donors (Lipinski definition) is 1. The number of methoxy groups -OCH3 is 2. The molecule has 0 aliphatic carbocycles. The number of carbonyl (C=O) groups excluding carboxylic acids is 2. The molecule has 0 saturated carbocycles. The van der Waals surface area contributed by atoms with E-state index in [1.54, 1.807) is 41.1 Å². The molecular weight excluding hydrogens is 368 g/mol. The van der Waals surface area contributed by atoms with Crippen molar-refractivity contribution in [2.24, 2.45) is 0 Å². The van der Waals surface area contributed by atoms with Gasteiger partial charge in [0, 0.05) is 24.5 Å². The molecule has 6 heteroatoms. The maximum atomic E-state index is 12.7. The van der Waals surface area contributed by atoms with Gasteiger partial charge in [-0.05, 0) is 54.8 Å². The number of rotatable bonds is 7. The number of benzene rings is 2. The van der Waals surface area contributed by atoms with Gasteiger partial charge in [-0.3, -0.25) is 9.59 Å². The lowest BCUT2D eigenvalue weighted by atomic mass is 10.1. The molecule has 1 aromatic heterocycles. The Morgan fingerprint density at radius 2 is 1.69 bits per heavy atom. The highest BCUT2D eigenvalue weighted by Crippen LogP contribution is 2.29. The standard InChI is InChI=1S/C23H24N2O4/c1-15-7-8-17(12-16(15)2)14-25-11-5-6-19(25)22(26)23(27)24-18-9-10-20(28-3)21(13-18)29-4/h5-13H,14H2,1-4H3,(H,24,27). The summed E-state index contributed by atoms with van der Waals surface area (Å²) in [5, 5.41) is 2.63. The summed E-state index contributed by atoms with van der Waals surface area (Å²) in [4.78, 5) is 25.3. The van der Waals surface area contributed by atoms with Crippen molar-refractivity contribution >= 4 is 17.4 Å². The van der Waals surface area contributed by atoms with Gasteiger partial charge in [-0.2, -0.15) is 0 Å². The first-order valence-electron chi connectivity index (χ1n) is 9.22. The lowest BCUT2D eigenvalue weighted by molar-refractivity contribution is -0.112. The molecule has 150 valence electrons. The summed E-state index contributed by atoms with van der Waals surface area (Å²) in [6.45, 7) is 4.62. The van der Waals surface area contributed by atoms with Crippen molar-refractivity contribution in [3.63, 3.8) is 0 Å². The van der Waals surface area contributed by atoms with Crippen LogP contribution in [0.25, 0.3) is 0 Å². The van der Waals surface area contributed by atoms with Crippen molar-refractivity contribution in [3.05, 3.63) is 77.1 Å². The van der Waals surface area contributed by atoms with Crippen LogP contribution in [0.15, 0.2) is 54.7 Å². The van der Waals surface area contributed by atoms with Crippen molar-refractivity contribution < 1.29 is 19.1 Å². The van der Waals surface area contributed by atoms with Gasteiger partial charge in [0.05, 0.1) is 19.9 Å². The van der Waals surface area contributed by atoms with Gasteiger partial charge in [-0.1, -0.05) is 18.2 Å². The van der Waals surface area contributed by atoms with Gasteiger partial charge in [0.2, 0.25) is 0 Å². The number of carbonyl (C=O) groups is 2. The maximum Gasteiger partial charge on any atom is 0.298 e. The molecule has 0 bridgehead atoms. The average molecular weight is 392 g/mol. The number of hydrogen-bond acceptors (Lipinski definition) is 4. The fourth-order valence-electron chi connectivity index (χ4n) is 3.07. The molecular formula is C23H24N2O4. The van der Waals surface area contributed by atoms with Crippen LogP contribution in [0, 0.1) is 13.8 Å². The van der Waals surface area contributed by atoms with Gasteiger partial charge in [0.25, 0.3) is 11.7 Å². The number of aromatic nitrogens is 1. The zero-order valence-electron chi connectivity index (χ0n) is 17.0. The Labute approximate surface area is 170 Å². The molecule has 0 saturated heterocycles. The van der Waals surface area contributed by atoms with E-state index in [-0.39, 0.29) is 0 Å². The number of ketones is 1. The van der Waals surface area contributed by atoms with E-state index >= 15 is 0 Å². The summed E-state index contributed by atoms with van der Waals surface area (Å²) in [6.07, 6.45) is 1.80. The second kappa shape index (κ2) is 8.65. The van der Waals surface area contributed by atoms with Gasteiger partial charge in [0.15, 0.2) is 11.5 Å². The van der Waals surface area contributed by atoms with Crippen LogP contribution in [-0.2, 0) is 11.3 Å². The van der Waals surface area contributed by atoms with Crippen LogP contribution in [0.3, 0.4) is 0 Å². The first-order chi connectivity index (χ1) is 13.9. The van der Waals surface area contributed by atoms with Gasteiger partial charge < -0.3 is 19.4 Å². The van der Waals surface area contributed by atoms with E-state index in [2.05, 4.69) is 31.3 Å². The van der Waals surface area contributed by atoms with E-state index in [4.69, 9.17) is 9.47 Å². The summed E-state index contributed by atoms with van der Waals surface area (Å²) < 4.78 is 12.2. The van der Waals surface area contributed by atoms with E-state index in [0.29, 0.717) is 29.4 Å². The number of nitrogens with one attached hydrogen (secondary N) is 1. The molecule has 0 fully saturated rings. The summed E-state index contributed by atoms with van der Waals surface area (Å²) in [5.41, 5.74) is 4.26. The molecule has 0 radical (unpaired) electrons. The van der Waals surface area contributed by atoms with Crippen LogP contribution >= 0.6 is 0 Å². The third-order valence-corrected chi connectivity index (χ3v) is 4.83. The molecule has 3 aromatic rings. The molecule has 1 amide bonds. The Morgan fingerprint density at radius 1 is 0.931 bits per heavy atom. The zero-order valence-corrected chi connectivity index (χ0v) is 17.0. The third-order valence-electron chi connectivity index (χ3n) is 4.83. The Kier molecular flexibility index (Phi) is 6.02. The average Bonchev–Trinajstić information content (AvgIpc) is 3.18. The van der Waals surface area contributed by atoms with Crippen LogP contribution in [0.4, 0.5) is 5.69 Å². The highest BCUT2D eigenvalue weighted by molar-refractivity contribution is 6.46. The second-order valence-electron chi connectivity index (χ2n) is 6.79. The Morgan fingerprint density at radius 3 is 2.38 bits per heavy atom. The van der Waals surface area contributed by atoms with Crippen LogP contribution in [0.1, 0.15) is 27.2 Å². The minimum atomic E-state index is -0.711. The van der Waals surface area contributed by atoms with E-state index in [1.165, 1.54) is 25.3 Å². The van der Waals surface area contributed by atoms with Crippen molar-refractivity contribution in [3.8, 4) is 11.5 Å². The quantitative estimate of drug-likeness (QED) is 0.488. The largest absolute Gasteiger partial charge is 0.493 e. The minimum absolute atomic E-state index is 0.334. The SMILES string of the molecule is COc1ccc(NC(=O)C(=O)c2cccn2Cc2ccc(C)c(C)c2)cc1OC. The van der Waals surface area contributed by atoms with E-state index in [0.717, 1.165) is 5.56 Å². The van der Waals surface area contributed by atoms with Crippen molar-refractivity contribution in [1.82, 2.24) is 4.57 Å². The molecule has 1 N–H and O–H groups in total. The topological polar surface area (TPSA) is 69.6 Å². The normalized spacial score (nSPS) is 10.5. The molecule has 0 spiro atoms. The molecule has 0 unspecified atom stereocenters. The fraction of sp³-hybridized carbons (Fsp3) is 0.217. The van der Waals surface area contributed by atoms with Gasteiger partial charge in [-0.15, -0.1) is 0 Å². The van der Waals surface area contributed by atoms with Crippen molar-refractivity contribution in [2.45, 2.75) is 20.4 Å². The fourth-order valence-corrected chi connectivity index (χ4v) is 3.07. The second-order valence-corrected chi connectivity index (χ2v) is 6.79. The first-order valence-corrected chi connectivity index (χ1v) is 9.22. The molecule has 2 aromatic carbocycles. The molecule has 3 rings (SSSR count). The van der Waals surface area contributed by atoms with Crippen molar-refractivity contribution in [2.75, 3.05) is 19.5 Å². The number of Topliss-reactive ketones (excluding diaryl/α,β-unsaturated/α-hetero) is 1. The number of amides is 1. The molecule has 0 aliphatic heterocycles. The highest BCUT2D eigenvalue weighted by atomic mass is 16.5. The predicted octanol–water partition coefficient (Wildman–Crippen LogP) is 3.99. The zero-order chi connectivity index (χ0) is 21.0. The molecule has 6 nitrogen and oxygen atoms in total. The van der Waals surface area contributed by atoms with Crippen molar-refractivity contribution in [1.29, 1.82) is 0 Å². The Hall–Kier alpha value is -3.54. The number of ether oxygens (including phenoxy) is 2. The molecule has 0 atom stereocenters. The smallest absolute Gasteiger partial charge is 0.298 e. The van der Waals surface area contributed by atoms with Crippen LogP contribution in [0.2, 0.25) is 0 Å². The monoisotopic (exact) mass is 392 g/mol. The minimum Gasteiger partial charge on any atom is -0.493 e. The van der Waals surface area contributed by atoms with Crippen LogP contribution < -0.4 is 14.8 Å². The number of aryl methyl sites for hydroxylation is 2. The van der Waals surface area contributed by atoms with E-state index in [9.17, 15) is 9.59 Å². The van der Waals surface area contributed by atoms with Gasteiger partial charge in [-0.25, -0.2) is 0 Å². The Bertz CT molecular complexity index is 1050. The van der Waals surface area contributed by atoms with Gasteiger partial charge in [0.1, 0.15) is 0 Å². The highest BCUT2D eigenvalue weighted by Gasteiger charge is 2.20. The lowest BCUT2D eigenvalue weighted by Crippen LogP contribution is -2.25. The molecule has 1 heterocycles. The Balaban J connectivity index is 1.76. The number of nitrogens with zero attached hydrogens (tertiary/aromatic N) is 1.